The van der Waals surface area contributed by atoms with Crippen molar-refractivity contribution in [2.45, 2.75) is 44.2 Å². The summed E-state index contributed by atoms with van der Waals surface area (Å²) < 4.78 is 39.9. The van der Waals surface area contributed by atoms with Crippen molar-refractivity contribution in [3.63, 3.8) is 0 Å². The third-order valence-corrected chi connectivity index (χ3v) is 6.23. The molecule has 2 amide bonds. The molecule has 4 N–H and O–H groups in total. The summed E-state index contributed by atoms with van der Waals surface area (Å²) in [5, 5.41) is 10.1. The standard InChI is InChI=1S/C23H25F2N5O4.2H2/c1-11-18(28-23(27)34-21(26)13-5-12(6-13)10-33-2)9-30(11)14-7-16(24)20(17(25)8-14)15-3-4-19(31)29-22(15)32;;/h7-8,11,15,18,26H,3-5,9-10H2,1-2H3,(H2,27,28)(H,29,31,32);2*1H/t11-,15?,18+;;/m1../s1. The van der Waals surface area contributed by atoms with Crippen molar-refractivity contribution in [3.8, 4) is 0 Å². The lowest BCUT2D eigenvalue weighted by atomic mass is 9.89. The smallest absolute Gasteiger partial charge is 0.289 e. The van der Waals surface area contributed by atoms with Crippen molar-refractivity contribution < 1.29 is 30.7 Å². The van der Waals surface area contributed by atoms with Gasteiger partial charge in [-0.05, 0) is 25.5 Å². The molecule has 3 aliphatic rings. The summed E-state index contributed by atoms with van der Waals surface area (Å²) in [6.07, 6.45) is 0.631. The monoisotopic (exact) mass is 477 g/mol. The van der Waals surface area contributed by atoms with Crippen LogP contribution in [-0.2, 0) is 19.1 Å². The number of carbonyl (C=O) groups excluding carboxylic acids is 2. The molecule has 0 saturated carbocycles. The Kier molecular flexibility index (Phi) is 6.49. The van der Waals surface area contributed by atoms with Crippen LogP contribution in [-0.4, -0.2) is 56.1 Å². The van der Waals surface area contributed by atoms with Gasteiger partial charge in [0.2, 0.25) is 17.7 Å². The molecule has 0 aromatic heterocycles. The Morgan fingerprint density at radius 1 is 1.38 bits per heavy atom. The number of nitrogens with zero attached hydrogens (tertiary/aromatic N) is 2. The fraction of sp³-hybridized carbons (Fsp3) is 0.435. The molecule has 3 atom stereocenters. The number of piperidine rings is 1. The van der Waals surface area contributed by atoms with Crippen LogP contribution in [0.15, 0.2) is 34.0 Å². The molecule has 2 fully saturated rings. The van der Waals surface area contributed by atoms with Gasteiger partial charge in [-0.15, -0.1) is 5.73 Å². The maximum absolute atomic E-state index is 14.8. The molecule has 2 aliphatic heterocycles. The molecule has 184 valence electrons. The summed E-state index contributed by atoms with van der Waals surface area (Å²) in [4.78, 5) is 29.4. The highest BCUT2D eigenvalue weighted by Crippen LogP contribution is 2.35. The number of rotatable bonds is 6. The molecule has 4 rings (SSSR count). The average molecular weight is 478 g/mol. The van der Waals surface area contributed by atoms with E-state index < -0.39 is 29.4 Å². The van der Waals surface area contributed by atoms with Crippen LogP contribution >= 0.6 is 0 Å². The molecule has 9 nitrogen and oxygen atoms in total. The first-order chi connectivity index (χ1) is 16.2. The van der Waals surface area contributed by atoms with Crippen LogP contribution in [0.25, 0.3) is 0 Å². The van der Waals surface area contributed by atoms with Crippen molar-refractivity contribution in [3.05, 3.63) is 46.2 Å². The van der Waals surface area contributed by atoms with Crippen LogP contribution in [0.3, 0.4) is 0 Å². The normalized spacial score (nSPS) is 24.5. The number of nitrogens with one attached hydrogen (secondary N) is 2. The van der Waals surface area contributed by atoms with E-state index in [0.717, 1.165) is 5.57 Å². The van der Waals surface area contributed by atoms with E-state index in [0.29, 0.717) is 30.8 Å². The zero-order valence-corrected chi connectivity index (χ0v) is 18.8. The van der Waals surface area contributed by atoms with Crippen LogP contribution in [0.2, 0.25) is 0 Å². The number of amides is 2. The fourth-order valence-electron chi connectivity index (χ4n) is 4.28. The Labute approximate surface area is 197 Å². The maximum Gasteiger partial charge on any atom is 0.289 e. The maximum atomic E-state index is 14.8. The van der Waals surface area contributed by atoms with Gasteiger partial charge < -0.3 is 20.1 Å². The Morgan fingerprint density at radius 2 is 2.06 bits per heavy atom. The van der Waals surface area contributed by atoms with Crippen molar-refractivity contribution in [2.24, 2.45) is 10.7 Å². The second-order valence-electron chi connectivity index (χ2n) is 8.50. The van der Waals surface area contributed by atoms with E-state index in [-0.39, 0.29) is 45.3 Å². The van der Waals surface area contributed by atoms with E-state index in [4.69, 9.17) is 20.6 Å². The zero-order chi connectivity index (χ0) is 24.6. The summed E-state index contributed by atoms with van der Waals surface area (Å²) in [6.45, 7) is 2.62. The van der Waals surface area contributed by atoms with Gasteiger partial charge in [0.25, 0.3) is 6.02 Å². The number of nitrogens with two attached hydrogens (primary N) is 1. The molecule has 2 heterocycles. The molecule has 1 unspecified atom stereocenters. The van der Waals surface area contributed by atoms with E-state index in [9.17, 15) is 18.4 Å². The molecule has 1 aliphatic carbocycles. The number of amidine groups is 1. The number of hydrogen-bond donors (Lipinski definition) is 3. The van der Waals surface area contributed by atoms with Crippen molar-refractivity contribution in [1.82, 2.24) is 5.32 Å². The van der Waals surface area contributed by atoms with Gasteiger partial charge >= 0.3 is 0 Å². The Balaban J connectivity index is 0.00000228. The number of hydrogen-bond acceptors (Lipinski definition) is 7. The predicted molar refractivity (Wildman–Crippen MR) is 124 cm³/mol. The van der Waals surface area contributed by atoms with Gasteiger partial charge in [-0.3, -0.25) is 20.3 Å². The highest BCUT2D eigenvalue weighted by Gasteiger charge is 2.38. The van der Waals surface area contributed by atoms with Gasteiger partial charge in [-0.1, -0.05) is 0 Å². The molecule has 1 aromatic rings. The summed E-state index contributed by atoms with van der Waals surface area (Å²) in [5.74, 6) is -3.99. The Hall–Kier alpha value is -3.56. The number of anilines is 1. The third kappa shape index (κ3) is 4.57. The molecule has 0 radical (unpaired) electrons. The van der Waals surface area contributed by atoms with E-state index in [1.807, 2.05) is 6.92 Å². The minimum atomic E-state index is -1.05. The minimum Gasteiger partial charge on any atom is -0.407 e. The van der Waals surface area contributed by atoms with Gasteiger partial charge in [0.1, 0.15) is 11.6 Å². The fourth-order valence-corrected chi connectivity index (χ4v) is 4.28. The molecular formula is C23H29F2N5O4. The van der Waals surface area contributed by atoms with Gasteiger partial charge in [0.15, 0.2) is 0 Å². The number of aliphatic imine (C=N–C) groups is 1. The summed E-state index contributed by atoms with van der Waals surface area (Å²) in [7, 11) is 1.58. The van der Waals surface area contributed by atoms with E-state index in [1.54, 1.807) is 12.0 Å². The number of halogens is 2. The number of methoxy groups -OCH3 is 1. The van der Waals surface area contributed by atoms with Gasteiger partial charge in [-0.2, -0.15) is 0 Å². The molecule has 34 heavy (non-hydrogen) atoms. The SMILES string of the molecule is COCC1=C=C(C(=N)OC(N)=N[C@H]2CN(c3cc(F)c(C4CCC(=O)NC4=O)c(F)c3)[C@@H]2C)C1.[HH].[HH]. The van der Waals surface area contributed by atoms with Crippen LogP contribution in [0.4, 0.5) is 14.5 Å². The van der Waals surface area contributed by atoms with E-state index >= 15 is 0 Å². The quantitative estimate of drug-likeness (QED) is 0.250. The predicted octanol–water partition coefficient (Wildman–Crippen LogP) is 2.36. The number of carbonyl (C=O) groups is 2. The minimum absolute atomic E-state index is 0. The second kappa shape index (κ2) is 9.36. The lowest BCUT2D eigenvalue weighted by Gasteiger charge is -2.46. The molecule has 1 aromatic carbocycles. The van der Waals surface area contributed by atoms with Gasteiger partial charge in [-0.25, -0.2) is 13.8 Å². The molecule has 0 spiro atoms. The summed E-state index contributed by atoms with van der Waals surface area (Å²) in [5.41, 5.74) is 10.3. The summed E-state index contributed by atoms with van der Waals surface area (Å²) >= 11 is 0. The van der Waals surface area contributed by atoms with Gasteiger partial charge in [0.05, 0.1) is 30.2 Å². The van der Waals surface area contributed by atoms with Crippen molar-refractivity contribution in [1.29, 1.82) is 5.41 Å². The first-order valence-electron chi connectivity index (χ1n) is 10.8. The largest absolute Gasteiger partial charge is 0.407 e. The van der Waals surface area contributed by atoms with Crippen molar-refractivity contribution in [2.75, 3.05) is 25.2 Å². The first-order valence-corrected chi connectivity index (χ1v) is 10.8. The first kappa shape index (κ1) is 23.6. The van der Waals surface area contributed by atoms with Crippen LogP contribution < -0.4 is 16.0 Å². The molecular weight excluding hydrogens is 448 g/mol. The lowest BCUT2D eigenvalue weighted by Crippen LogP contribution is -2.58. The van der Waals surface area contributed by atoms with Crippen LogP contribution in [0.1, 0.15) is 40.5 Å². The second-order valence-corrected chi connectivity index (χ2v) is 8.50. The van der Waals surface area contributed by atoms with Crippen LogP contribution in [0.5, 0.6) is 0 Å². The van der Waals surface area contributed by atoms with Crippen molar-refractivity contribution >= 4 is 29.4 Å². The zero-order valence-electron chi connectivity index (χ0n) is 18.8. The molecule has 2 saturated heterocycles. The van der Waals surface area contributed by atoms with E-state index in [1.165, 1.54) is 12.1 Å². The Morgan fingerprint density at radius 3 is 2.65 bits per heavy atom. The molecule has 0 bridgehead atoms. The third-order valence-electron chi connectivity index (χ3n) is 6.23. The highest BCUT2D eigenvalue weighted by atomic mass is 19.1. The topological polar surface area (TPSA) is 130 Å². The number of benzene rings is 1. The molecule has 11 heteroatoms. The van der Waals surface area contributed by atoms with E-state index in [2.05, 4.69) is 16.0 Å². The Bertz CT molecular complexity index is 1150. The van der Waals surface area contributed by atoms with Crippen LogP contribution in [0, 0.1) is 17.0 Å². The highest BCUT2D eigenvalue weighted by molar-refractivity contribution is 6.01. The van der Waals surface area contributed by atoms with Gasteiger partial charge in [0, 0.05) is 46.2 Å². The average Bonchev–Trinajstić information content (AvgIpc) is 2.73. The summed E-state index contributed by atoms with van der Waals surface area (Å²) in [6, 6.07) is 1.68. The lowest BCUT2D eigenvalue weighted by molar-refractivity contribution is -0.134. The number of ether oxygens (including phenoxy) is 2. The number of imide groups is 1.